The Balaban J connectivity index is 1.58. The molecule has 1 heterocycles. The van der Waals surface area contributed by atoms with Crippen molar-refractivity contribution in [2.45, 2.75) is 63.8 Å². The van der Waals surface area contributed by atoms with E-state index in [1.54, 1.807) is 0 Å². The summed E-state index contributed by atoms with van der Waals surface area (Å²) >= 11 is 1.31. The van der Waals surface area contributed by atoms with Crippen LogP contribution < -0.4 is 10.1 Å². The Morgan fingerprint density at radius 2 is 1.87 bits per heavy atom. The number of rotatable bonds is 7. The van der Waals surface area contributed by atoms with Crippen LogP contribution in [-0.2, 0) is 4.79 Å². The smallest absolute Gasteiger partial charge is 0.387 e. The second kappa shape index (κ2) is 10.1. The van der Waals surface area contributed by atoms with Crippen LogP contribution in [0.15, 0.2) is 29.4 Å². The molecule has 0 bridgehead atoms. The zero-order chi connectivity index (χ0) is 21.7. The minimum Gasteiger partial charge on any atom is -0.435 e. The first-order valence-electron chi connectivity index (χ1n) is 9.92. The molecule has 0 unspecified atom stereocenters. The molecule has 1 aromatic heterocycles. The molecule has 0 aliphatic heterocycles. The average Bonchev–Trinajstić information content (AvgIpc) is 3.01. The number of benzene rings is 1. The van der Waals surface area contributed by atoms with Gasteiger partial charge < -0.3 is 9.30 Å². The number of nitrogens with zero attached hydrogens (tertiary/aromatic N) is 2. The number of carbonyl (C=O) groups is 2. The van der Waals surface area contributed by atoms with Crippen molar-refractivity contribution in [1.29, 1.82) is 0 Å². The number of halogens is 2. The summed E-state index contributed by atoms with van der Waals surface area (Å²) in [4.78, 5) is 29.1. The largest absolute Gasteiger partial charge is 0.435 e. The molecule has 30 heavy (non-hydrogen) atoms. The predicted molar refractivity (Wildman–Crippen MR) is 110 cm³/mol. The fraction of sp³-hybridized carbons (Fsp3) is 0.476. The molecule has 1 aliphatic carbocycles. The number of ether oxygens (including phenoxy) is 1. The molecule has 6 nitrogen and oxygen atoms in total. The van der Waals surface area contributed by atoms with Crippen molar-refractivity contribution in [3.8, 4) is 5.75 Å². The number of hydrogen-bond donors (Lipinski definition) is 1. The Bertz CT molecular complexity index is 894. The zero-order valence-electron chi connectivity index (χ0n) is 17.0. The third-order valence-corrected chi connectivity index (χ3v) is 6.17. The summed E-state index contributed by atoms with van der Waals surface area (Å²) in [6.07, 6.45) is 5.87. The van der Waals surface area contributed by atoms with Crippen LogP contribution in [0.1, 0.15) is 59.9 Å². The molecular formula is C21H25F2N3O3S. The van der Waals surface area contributed by atoms with E-state index in [2.05, 4.69) is 19.6 Å². The number of hydrogen-bond acceptors (Lipinski definition) is 5. The number of carbonyl (C=O) groups excluding carboxylic acids is 2. The molecule has 0 atom stereocenters. The van der Waals surface area contributed by atoms with E-state index in [0.29, 0.717) is 6.04 Å². The first-order valence-corrected chi connectivity index (χ1v) is 10.9. The normalized spacial score (nSPS) is 14.7. The molecule has 1 fully saturated rings. The van der Waals surface area contributed by atoms with Gasteiger partial charge in [-0.3, -0.25) is 14.9 Å². The first kappa shape index (κ1) is 22.3. The van der Waals surface area contributed by atoms with Crippen LogP contribution in [0.3, 0.4) is 0 Å². The van der Waals surface area contributed by atoms with E-state index >= 15 is 0 Å². The number of imide groups is 1. The van der Waals surface area contributed by atoms with E-state index in [1.807, 2.05) is 13.8 Å². The van der Waals surface area contributed by atoms with E-state index in [4.69, 9.17) is 0 Å². The van der Waals surface area contributed by atoms with Gasteiger partial charge in [0, 0.05) is 17.3 Å². The molecule has 2 amide bonds. The first-order chi connectivity index (χ1) is 14.3. The molecule has 1 saturated carbocycles. The Hall–Kier alpha value is -2.42. The van der Waals surface area contributed by atoms with E-state index in [9.17, 15) is 18.4 Å². The minimum absolute atomic E-state index is 0.0521. The summed E-state index contributed by atoms with van der Waals surface area (Å²) in [7, 11) is 0. The number of thioether (sulfide) groups is 1. The van der Waals surface area contributed by atoms with Gasteiger partial charge in [-0.05, 0) is 51.0 Å². The number of aryl methyl sites for hydroxylation is 1. The lowest BCUT2D eigenvalue weighted by Gasteiger charge is -2.26. The van der Waals surface area contributed by atoms with Crippen molar-refractivity contribution in [3.63, 3.8) is 0 Å². The van der Waals surface area contributed by atoms with Gasteiger partial charge >= 0.3 is 6.61 Å². The van der Waals surface area contributed by atoms with Gasteiger partial charge in [0.1, 0.15) is 5.75 Å². The molecule has 0 radical (unpaired) electrons. The molecule has 9 heteroatoms. The average molecular weight is 438 g/mol. The fourth-order valence-corrected chi connectivity index (χ4v) is 4.58. The Kier molecular flexibility index (Phi) is 7.47. The molecule has 2 aromatic rings. The zero-order valence-corrected chi connectivity index (χ0v) is 17.8. The van der Waals surface area contributed by atoms with Gasteiger partial charge in [0.15, 0.2) is 5.16 Å². The lowest BCUT2D eigenvalue weighted by Crippen LogP contribution is -2.32. The van der Waals surface area contributed by atoms with Crippen molar-refractivity contribution in [2.75, 3.05) is 5.75 Å². The predicted octanol–water partition coefficient (Wildman–Crippen LogP) is 4.66. The van der Waals surface area contributed by atoms with Crippen LogP contribution >= 0.6 is 11.8 Å². The van der Waals surface area contributed by atoms with Crippen molar-refractivity contribution < 1.29 is 23.1 Å². The molecule has 0 spiro atoms. The van der Waals surface area contributed by atoms with Gasteiger partial charge in [0.05, 0.1) is 11.4 Å². The van der Waals surface area contributed by atoms with Crippen LogP contribution in [0, 0.1) is 13.8 Å². The van der Waals surface area contributed by atoms with E-state index in [0.717, 1.165) is 29.4 Å². The van der Waals surface area contributed by atoms with Gasteiger partial charge in [-0.2, -0.15) is 8.78 Å². The third kappa shape index (κ3) is 5.59. The monoisotopic (exact) mass is 437 g/mol. The topological polar surface area (TPSA) is 73.2 Å². The van der Waals surface area contributed by atoms with Crippen molar-refractivity contribution in [1.82, 2.24) is 14.9 Å². The van der Waals surface area contributed by atoms with Crippen LogP contribution in [0.25, 0.3) is 0 Å². The lowest BCUT2D eigenvalue weighted by molar-refractivity contribution is -0.117. The van der Waals surface area contributed by atoms with Crippen LogP contribution in [0.5, 0.6) is 5.75 Å². The van der Waals surface area contributed by atoms with Crippen LogP contribution in [0.2, 0.25) is 0 Å². The van der Waals surface area contributed by atoms with Crippen LogP contribution in [-0.4, -0.2) is 33.7 Å². The SMILES string of the molecule is Cc1nc(SCC(=O)NC(=O)c2ccc(OC(F)F)cc2)n(C2CCCCC2)c1C. The minimum atomic E-state index is -2.93. The van der Waals surface area contributed by atoms with Gasteiger partial charge in [-0.15, -0.1) is 0 Å². The number of imidazole rings is 1. The maximum atomic E-state index is 12.3. The van der Waals surface area contributed by atoms with Gasteiger partial charge in [0.2, 0.25) is 5.91 Å². The van der Waals surface area contributed by atoms with Gasteiger partial charge in [-0.25, -0.2) is 4.98 Å². The Morgan fingerprint density at radius 1 is 1.20 bits per heavy atom. The van der Waals surface area contributed by atoms with Gasteiger partial charge in [0.25, 0.3) is 5.91 Å². The van der Waals surface area contributed by atoms with Gasteiger partial charge in [-0.1, -0.05) is 31.0 Å². The summed E-state index contributed by atoms with van der Waals surface area (Å²) in [6.45, 7) is 1.08. The molecule has 1 N–H and O–H groups in total. The number of alkyl halides is 2. The van der Waals surface area contributed by atoms with E-state index < -0.39 is 18.4 Å². The quantitative estimate of drug-likeness (QED) is 0.638. The van der Waals surface area contributed by atoms with Crippen LogP contribution in [0.4, 0.5) is 8.78 Å². The highest BCUT2D eigenvalue weighted by molar-refractivity contribution is 7.99. The van der Waals surface area contributed by atoms with E-state index in [1.165, 1.54) is 55.3 Å². The van der Waals surface area contributed by atoms with Crippen molar-refractivity contribution in [2.24, 2.45) is 0 Å². The number of amides is 2. The standard InChI is InChI=1S/C21H25F2N3O3S/c1-13-14(2)26(16-6-4-3-5-7-16)21(24-13)30-12-18(27)25-19(28)15-8-10-17(11-9-15)29-20(22)23/h8-11,16,20H,3-7,12H2,1-2H3,(H,25,27,28). The second-order valence-corrected chi connectivity index (χ2v) is 8.24. The summed E-state index contributed by atoms with van der Waals surface area (Å²) in [5.74, 6) is -1.02. The highest BCUT2D eigenvalue weighted by atomic mass is 32.2. The molecule has 162 valence electrons. The van der Waals surface area contributed by atoms with E-state index in [-0.39, 0.29) is 17.1 Å². The lowest BCUT2D eigenvalue weighted by atomic mass is 9.95. The second-order valence-electron chi connectivity index (χ2n) is 7.30. The summed E-state index contributed by atoms with van der Waals surface area (Å²) in [5.41, 5.74) is 2.25. The maximum absolute atomic E-state index is 12.3. The number of aromatic nitrogens is 2. The molecular weight excluding hydrogens is 412 g/mol. The summed E-state index contributed by atoms with van der Waals surface area (Å²) < 4.78 is 30.9. The number of nitrogens with one attached hydrogen (secondary N) is 1. The molecule has 1 aliphatic rings. The fourth-order valence-electron chi connectivity index (χ4n) is 3.62. The third-order valence-electron chi connectivity index (χ3n) is 5.22. The highest BCUT2D eigenvalue weighted by Gasteiger charge is 2.22. The summed E-state index contributed by atoms with van der Waals surface area (Å²) in [5, 5.41) is 3.12. The Labute approximate surface area is 178 Å². The molecule has 0 saturated heterocycles. The molecule has 1 aromatic carbocycles. The summed E-state index contributed by atoms with van der Waals surface area (Å²) in [6, 6.07) is 5.58. The van der Waals surface area contributed by atoms with Crippen molar-refractivity contribution >= 4 is 23.6 Å². The maximum Gasteiger partial charge on any atom is 0.387 e. The Morgan fingerprint density at radius 3 is 2.50 bits per heavy atom. The molecule has 3 rings (SSSR count). The highest BCUT2D eigenvalue weighted by Crippen LogP contribution is 2.34. The van der Waals surface area contributed by atoms with Crippen molar-refractivity contribution in [3.05, 3.63) is 41.2 Å².